The van der Waals surface area contributed by atoms with E-state index >= 15 is 0 Å². The minimum absolute atomic E-state index is 0.133. The summed E-state index contributed by atoms with van der Waals surface area (Å²) in [5.74, 6) is 2.34. The fourth-order valence-corrected chi connectivity index (χ4v) is 3.01. The number of nitrogens with zero attached hydrogens (tertiary/aromatic N) is 2. The van der Waals surface area contributed by atoms with Crippen LogP contribution in [-0.2, 0) is 11.2 Å². The van der Waals surface area contributed by atoms with Gasteiger partial charge in [-0.2, -0.15) is 16.7 Å². The molecule has 1 heterocycles. The third kappa shape index (κ3) is 2.88. The van der Waals surface area contributed by atoms with Crippen LogP contribution < -0.4 is 5.73 Å². The van der Waals surface area contributed by atoms with Crippen LogP contribution in [0.15, 0.2) is 4.52 Å². The lowest BCUT2D eigenvalue weighted by atomic mass is 9.72. The van der Waals surface area contributed by atoms with E-state index < -0.39 is 0 Å². The lowest BCUT2D eigenvalue weighted by molar-refractivity contribution is 0.203. The van der Waals surface area contributed by atoms with Gasteiger partial charge < -0.3 is 10.3 Å². The van der Waals surface area contributed by atoms with Crippen molar-refractivity contribution in [1.82, 2.24) is 10.1 Å². The fourth-order valence-electron chi connectivity index (χ4n) is 2.41. The van der Waals surface area contributed by atoms with Crippen LogP contribution in [-0.4, -0.2) is 21.4 Å². The van der Waals surface area contributed by atoms with E-state index in [4.69, 9.17) is 10.3 Å². The van der Waals surface area contributed by atoms with Crippen molar-refractivity contribution in [3.05, 3.63) is 11.7 Å². The topological polar surface area (TPSA) is 64.9 Å². The lowest BCUT2D eigenvalue weighted by Gasteiger charge is -2.35. The molecule has 5 heteroatoms. The molecule has 18 heavy (non-hydrogen) atoms. The van der Waals surface area contributed by atoms with Gasteiger partial charge in [-0.1, -0.05) is 31.8 Å². The van der Waals surface area contributed by atoms with Gasteiger partial charge in [-0.3, -0.25) is 0 Å². The van der Waals surface area contributed by atoms with E-state index in [0.29, 0.717) is 5.25 Å². The third-order valence-electron chi connectivity index (χ3n) is 3.78. The van der Waals surface area contributed by atoms with Gasteiger partial charge in [0.2, 0.25) is 5.89 Å². The average Bonchev–Trinajstić information content (AvgIpc) is 2.80. The molecule has 1 aliphatic rings. The quantitative estimate of drug-likeness (QED) is 0.910. The van der Waals surface area contributed by atoms with Crippen LogP contribution in [0.25, 0.3) is 0 Å². The maximum absolute atomic E-state index is 6.24. The number of nitrogens with two attached hydrogens (primary N) is 1. The summed E-state index contributed by atoms with van der Waals surface area (Å²) in [4.78, 5) is 4.55. The van der Waals surface area contributed by atoms with Crippen LogP contribution in [0, 0.1) is 0 Å². The van der Waals surface area contributed by atoms with Gasteiger partial charge in [0.15, 0.2) is 5.82 Å². The summed E-state index contributed by atoms with van der Waals surface area (Å²) >= 11 is 1.83. The zero-order valence-electron chi connectivity index (χ0n) is 11.5. The van der Waals surface area contributed by atoms with E-state index in [2.05, 4.69) is 30.9 Å². The second-order valence-electron chi connectivity index (χ2n) is 5.65. The van der Waals surface area contributed by atoms with Crippen LogP contribution in [0.3, 0.4) is 0 Å². The van der Waals surface area contributed by atoms with Crippen molar-refractivity contribution < 1.29 is 4.52 Å². The highest BCUT2D eigenvalue weighted by Gasteiger charge is 2.40. The van der Waals surface area contributed by atoms with Crippen LogP contribution in [0.1, 0.15) is 58.2 Å². The molecule has 0 amide bonds. The number of hydrogen-bond donors (Lipinski definition) is 1. The molecule has 2 unspecified atom stereocenters. The Hall–Kier alpha value is -0.550. The molecule has 0 saturated heterocycles. The predicted octanol–water partition coefficient (Wildman–Crippen LogP) is 2.87. The van der Waals surface area contributed by atoms with E-state index in [0.717, 1.165) is 30.3 Å². The summed E-state index contributed by atoms with van der Waals surface area (Å²) in [6.07, 6.45) is 4.51. The van der Waals surface area contributed by atoms with Gasteiger partial charge in [-0.25, -0.2) is 0 Å². The molecule has 1 aromatic heterocycles. The first-order valence-electron chi connectivity index (χ1n) is 6.72. The normalized spacial score (nSPS) is 28.8. The van der Waals surface area contributed by atoms with Crippen molar-refractivity contribution in [2.24, 2.45) is 5.73 Å². The Balaban J connectivity index is 2.08. The van der Waals surface area contributed by atoms with E-state index in [1.54, 1.807) is 0 Å². The first-order chi connectivity index (χ1) is 8.52. The highest BCUT2D eigenvalue weighted by molar-refractivity contribution is 7.99. The molecule has 4 nitrogen and oxygen atoms in total. The van der Waals surface area contributed by atoms with E-state index in [1.807, 2.05) is 11.8 Å². The largest absolute Gasteiger partial charge is 0.339 e. The molecule has 2 N–H and O–H groups in total. The smallest absolute Gasteiger partial charge is 0.234 e. The van der Waals surface area contributed by atoms with Gasteiger partial charge in [-0.15, -0.1) is 0 Å². The van der Waals surface area contributed by atoms with Crippen LogP contribution in [0.5, 0.6) is 0 Å². The second kappa shape index (κ2) is 5.61. The summed E-state index contributed by atoms with van der Waals surface area (Å²) in [5.41, 5.74) is 6.11. The van der Waals surface area contributed by atoms with E-state index in [-0.39, 0.29) is 11.5 Å². The minimum Gasteiger partial charge on any atom is -0.339 e. The lowest BCUT2D eigenvalue weighted by Crippen LogP contribution is -2.45. The van der Waals surface area contributed by atoms with Crippen LogP contribution >= 0.6 is 11.8 Å². The summed E-state index contributed by atoms with van der Waals surface area (Å²) in [6.45, 7) is 6.50. The molecule has 0 bridgehead atoms. The molecular weight excluding hydrogens is 246 g/mol. The molecule has 0 aromatic carbocycles. The van der Waals surface area contributed by atoms with Gasteiger partial charge in [0.05, 0.1) is 11.2 Å². The van der Waals surface area contributed by atoms with Gasteiger partial charge in [0.1, 0.15) is 0 Å². The molecule has 102 valence electrons. The van der Waals surface area contributed by atoms with E-state index in [9.17, 15) is 0 Å². The van der Waals surface area contributed by atoms with Crippen LogP contribution in [0.4, 0.5) is 0 Å². The molecule has 0 spiro atoms. The predicted molar refractivity (Wildman–Crippen MR) is 74.5 cm³/mol. The Labute approximate surface area is 113 Å². The molecule has 2 rings (SSSR count). The molecule has 0 aliphatic heterocycles. The Morgan fingerprint density at radius 1 is 1.50 bits per heavy atom. The number of aromatic nitrogens is 2. The van der Waals surface area contributed by atoms with Crippen molar-refractivity contribution in [2.75, 3.05) is 0 Å². The molecule has 0 radical (unpaired) electrons. The zero-order valence-corrected chi connectivity index (χ0v) is 12.3. The number of rotatable bonds is 4. The fraction of sp³-hybridized carbons (Fsp3) is 0.846. The molecule has 2 atom stereocenters. The summed E-state index contributed by atoms with van der Waals surface area (Å²) in [6, 6.07) is 0.136. The van der Waals surface area contributed by atoms with Crippen molar-refractivity contribution >= 4 is 11.8 Å². The first-order valence-corrected chi connectivity index (χ1v) is 7.77. The van der Waals surface area contributed by atoms with Crippen molar-refractivity contribution in [1.29, 1.82) is 0 Å². The third-order valence-corrected chi connectivity index (χ3v) is 4.87. The molecule has 1 fully saturated rings. The number of thioether (sulfide) groups is 1. The number of hydrogen-bond acceptors (Lipinski definition) is 5. The maximum Gasteiger partial charge on any atom is 0.234 e. The second-order valence-corrected chi connectivity index (χ2v) is 7.21. The Morgan fingerprint density at radius 2 is 2.28 bits per heavy atom. The molecule has 1 aromatic rings. The minimum atomic E-state index is -0.133. The van der Waals surface area contributed by atoms with Gasteiger partial charge in [0.25, 0.3) is 0 Å². The Kier molecular flexibility index (Phi) is 4.33. The highest BCUT2D eigenvalue weighted by atomic mass is 32.2. The highest BCUT2D eigenvalue weighted by Crippen LogP contribution is 2.37. The van der Waals surface area contributed by atoms with Gasteiger partial charge in [-0.05, 0) is 25.0 Å². The first kappa shape index (κ1) is 13.9. The summed E-state index contributed by atoms with van der Waals surface area (Å²) < 4.78 is 5.46. The van der Waals surface area contributed by atoms with Crippen molar-refractivity contribution in [3.63, 3.8) is 0 Å². The van der Waals surface area contributed by atoms with E-state index in [1.165, 1.54) is 12.8 Å². The van der Waals surface area contributed by atoms with Crippen LogP contribution in [0.2, 0.25) is 0 Å². The monoisotopic (exact) mass is 269 g/mol. The standard InChI is InChI=1S/C13H23N3OS/c1-9(2)18-8-11-15-12(17-16-11)13(3)7-5-4-6-10(13)14/h9-10H,4-8,14H2,1-3H3. The SMILES string of the molecule is CC(C)SCc1noc(C2(C)CCCCC2N)n1. The zero-order chi connectivity index (χ0) is 13.2. The average molecular weight is 269 g/mol. The molecule has 1 aliphatic carbocycles. The maximum atomic E-state index is 6.24. The summed E-state index contributed by atoms with van der Waals surface area (Å²) in [5, 5.41) is 4.66. The van der Waals surface area contributed by atoms with Crippen molar-refractivity contribution in [2.45, 2.75) is 68.9 Å². The van der Waals surface area contributed by atoms with Gasteiger partial charge >= 0.3 is 0 Å². The molecule has 1 saturated carbocycles. The Morgan fingerprint density at radius 3 is 2.94 bits per heavy atom. The van der Waals surface area contributed by atoms with Crippen molar-refractivity contribution in [3.8, 4) is 0 Å². The summed E-state index contributed by atoms with van der Waals surface area (Å²) in [7, 11) is 0. The molecular formula is C13H23N3OS. The Bertz CT molecular complexity index is 393. The van der Waals surface area contributed by atoms with Gasteiger partial charge in [0, 0.05) is 6.04 Å².